The van der Waals surface area contributed by atoms with E-state index in [4.69, 9.17) is 9.84 Å². The normalized spacial score (nSPS) is 14.8. The number of carboxylic acids is 1. The summed E-state index contributed by atoms with van der Waals surface area (Å²) in [6, 6.07) is 16.3. The zero-order chi connectivity index (χ0) is 23.2. The van der Waals surface area contributed by atoms with E-state index in [1.54, 1.807) is 0 Å². The van der Waals surface area contributed by atoms with Gasteiger partial charge in [0.05, 0.1) is 12.5 Å². The highest BCUT2D eigenvalue weighted by molar-refractivity contribution is 5.86. The maximum atomic E-state index is 12.5. The lowest BCUT2D eigenvalue weighted by Gasteiger charge is -2.18. The molecule has 2 aromatic rings. The van der Waals surface area contributed by atoms with Gasteiger partial charge in [0.1, 0.15) is 6.61 Å². The molecule has 2 aliphatic carbocycles. The molecule has 2 amide bonds. The van der Waals surface area contributed by atoms with Gasteiger partial charge >= 0.3 is 12.1 Å². The Morgan fingerprint density at radius 1 is 1.00 bits per heavy atom. The van der Waals surface area contributed by atoms with Crippen LogP contribution in [0.5, 0.6) is 0 Å². The molecule has 7 heteroatoms. The van der Waals surface area contributed by atoms with Gasteiger partial charge in [0, 0.05) is 18.4 Å². The van der Waals surface area contributed by atoms with Gasteiger partial charge in [0.15, 0.2) is 0 Å². The number of nitrogens with one attached hydrogen (secondary N) is 2. The van der Waals surface area contributed by atoms with E-state index in [9.17, 15) is 14.4 Å². The van der Waals surface area contributed by atoms with Crippen LogP contribution in [0.4, 0.5) is 4.79 Å². The van der Waals surface area contributed by atoms with Crippen LogP contribution in [-0.2, 0) is 14.3 Å². The van der Waals surface area contributed by atoms with Crippen molar-refractivity contribution in [2.24, 2.45) is 11.8 Å². The van der Waals surface area contributed by atoms with Crippen molar-refractivity contribution in [1.29, 1.82) is 0 Å². The van der Waals surface area contributed by atoms with Crippen molar-refractivity contribution in [3.8, 4) is 23.0 Å². The van der Waals surface area contributed by atoms with Crippen molar-refractivity contribution in [2.75, 3.05) is 19.7 Å². The number of rotatable bonds is 8. The van der Waals surface area contributed by atoms with Crippen molar-refractivity contribution >= 4 is 18.0 Å². The predicted molar refractivity (Wildman–Crippen MR) is 122 cm³/mol. The SMILES string of the molecule is O=C(O)C#CCNC(=O)C(CNC(=O)OCC1c2ccccc2-c2ccccc21)CC1CC1. The summed E-state index contributed by atoms with van der Waals surface area (Å²) in [5.41, 5.74) is 4.60. The van der Waals surface area contributed by atoms with Crippen LogP contribution in [0.3, 0.4) is 0 Å². The van der Waals surface area contributed by atoms with Gasteiger partial charge in [-0.2, -0.15) is 0 Å². The van der Waals surface area contributed by atoms with Gasteiger partial charge in [-0.05, 0) is 34.6 Å². The third-order valence-electron chi connectivity index (χ3n) is 6.07. The Morgan fingerprint density at radius 2 is 1.64 bits per heavy atom. The van der Waals surface area contributed by atoms with Crippen LogP contribution in [-0.4, -0.2) is 42.8 Å². The highest BCUT2D eigenvalue weighted by Gasteiger charge is 2.31. The number of amides is 2. The van der Waals surface area contributed by atoms with Crippen molar-refractivity contribution in [3.05, 3.63) is 59.7 Å². The number of hydrogen-bond donors (Lipinski definition) is 3. The van der Waals surface area contributed by atoms with Gasteiger partial charge in [-0.1, -0.05) is 67.3 Å². The van der Waals surface area contributed by atoms with Crippen LogP contribution in [0.15, 0.2) is 48.5 Å². The Hall–Kier alpha value is -3.79. The van der Waals surface area contributed by atoms with Crippen LogP contribution < -0.4 is 10.6 Å². The van der Waals surface area contributed by atoms with E-state index in [1.807, 2.05) is 30.2 Å². The van der Waals surface area contributed by atoms with Crippen molar-refractivity contribution < 1.29 is 24.2 Å². The third-order valence-corrected chi connectivity index (χ3v) is 6.07. The Balaban J connectivity index is 1.31. The molecule has 33 heavy (non-hydrogen) atoms. The minimum Gasteiger partial charge on any atom is -0.472 e. The largest absolute Gasteiger partial charge is 0.472 e. The quantitative estimate of drug-likeness (QED) is 0.541. The first-order valence-corrected chi connectivity index (χ1v) is 11.1. The zero-order valence-corrected chi connectivity index (χ0v) is 18.2. The Morgan fingerprint density at radius 3 is 2.24 bits per heavy atom. The van der Waals surface area contributed by atoms with Crippen LogP contribution in [0, 0.1) is 23.7 Å². The minimum absolute atomic E-state index is 0.0264. The summed E-state index contributed by atoms with van der Waals surface area (Å²) in [5.74, 6) is 2.89. The van der Waals surface area contributed by atoms with E-state index in [0.29, 0.717) is 12.3 Å². The van der Waals surface area contributed by atoms with Gasteiger partial charge in [0.25, 0.3) is 0 Å². The predicted octanol–water partition coefficient (Wildman–Crippen LogP) is 3.15. The first-order chi connectivity index (χ1) is 16.0. The van der Waals surface area contributed by atoms with Gasteiger partial charge in [0.2, 0.25) is 5.91 Å². The number of benzene rings is 2. The summed E-state index contributed by atoms with van der Waals surface area (Å²) >= 11 is 0. The van der Waals surface area contributed by atoms with E-state index < -0.39 is 18.0 Å². The number of carbonyl (C=O) groups excluding carboxylic acids is 2. The maximum absolute atomic E-state index is 12.5. The second-order valence-electron chi connectivity index (χ2n) is 8.41. The number of alkyl carbamates (subject to hydrolysis) is 1. The second kappa shape index (κ2) is 10.2. The lowest BCUT2D eigenvalue weighted by molar-refractivity contribution is -0.130. The summed E-state index contributed by atoms with van der Waals surface area (Å²) in [5, 5.41) is 13.9. The lowest BCUT2D eigenvalue weighted by atomic mass is 9.98. The van der Waals surface area contributed by atoms with Gasteiger partial charge < -0.3 is 20.5 Å². The zero-order valence-electron chi connectivity index (χ0n) is 18.2. The van der Waals surface area contributed by atoms with Crippen molar-refractivity contribution in [2.45, 2.75) is 25.2 Å². The Labute approximate surface area is 192 Å². The summed E-state index contributed by atoms with van der Waals surface area (Å²) < 4.78 is 5.55. The fourth-order valence-corrected chi connectivity index (χ4v) is 4.29. The molecule has 0 bridgehead atoms. The Kier molecular flexibility index (Phi) is 6.94. The summed E-state index contributed by atoms with van der Waals surface area (Å²) in [7, 11) is 0. The fraction of sp³-hybridized carbons (Fsp3) is 0.346. The molecule has 2 aliphatic rings. The van der Waals surface area contributed by atoms with Crippen molar-refractivity contribution in [1.82, 2.24) is 10.6 Å². The monoisotopic (exact) mass is 446 g/mol. The van der Waals surface area contributed by atoms with Gasteiger partial charge in [-0.25, -0.2) is 9.59 Å². The van der Waals surface area contributed by atoms with E-state index in [2.05, 4.69) is 40.8 Å². The van der Waals surface area contributed by atoms with E-state index in [0.717, 1.165) is 35.1 Å². The smallest absolute Gasteiger partial charge is 0.407 e. The number of carboxylic acid groups (broad SMARTS) is 1. The molecule has 1 unspecified atom stereocenters. The molecule has 0 spiro atoms. The molecule has 0 heterocycles. The number of ether oxygens (including phenoxy) is 1. The van der Waals surface area contributed by atoms with E-state index >= 15 is 0 Å². The molecule has 1 fully saturated rings. The molecular weight excluding hydrogens is 420 g/mol. The molecule has 1 saturated carbocycles. The summed E-state index contributed by atoms with van der Waals surface area (Å²) in [4.78, 5) is 35.4. The third kappa shape index (κ3) is 5.72. The molecule has 3 N–H and O–H groups in total. The number of hydrogen-bond acceptors (Lipinski definition) is 4. The molecule has 4 rings (SSSR count). The molecule has 0 aliphatic heterocycles. The Bertz CT molecular complexity index is 1070. The number of carbonyl (C=O) groups is 3. The maximum Gasteiger partial charge on any atom is 0.407 e. The van der Waals surface area contributed by atoms with E-state index in [-0.39, 0.29) is 31.5 Å². The highest BCUT2D eigenvalue weighted by Crippen LogP contribution is 2.44. The number of aliphatic carboxylic acids is 1. The molecule has 2 aromatic carbocycles. The lowest BCUT2D eigenvalue weighted by Crippen LogP contribution is -2.39. The number of fused-ring (bicyclic) bond motifs is 3. The average molecular weight is 447 g/mol. The van der Waals surface area contributed by atoms with Gasteiger partial charge in [-0.3, -0.25) is 4.79 Å². The van der Waals surface area contributed by atoms with Crippen LogP contribution in [0.2, 0.25) is 0 Å². The summed E-state index contributed by atoms with van der Waals surface area (Å²) in [6.45, 7) is 0.326. The average Bonchev–Trinajstić information content (AvgIpc) is 3.58. The van der Waals surface area contributed by atoms with Crippen LogP contribution in [0.25, 0.3) is 11.1 Å². The molecule has 170 valence electrons. The molecule has 7 nitrogen and oxygen atoms in total. The van der Waals surface area contributed by atoms with Crippen LogP contribution in [0.1, 0.15) is 36.3 Å². The van der Waals surface area contributed by atoms with E-state index in [1.165, 1.54) is 0 Å². The van der Waals surface area contributed by atoms with Gasteiger partial charge in [-0.15, -0.1) is 0 Å². The fourth-order valence-electron chi connectivity index (χ4n) is 4.29. The first-order valence-electron chi connectivity index (χ1n) is 11.1. The molecule has 0 saturated heterocycles. The molecular formula is C26H26N2O5. The second-order valence-corrected chi connectivity index (χ2v) is 8.41. The highest BCUT2D eigenvalue weighted by atomic mass is 16.5. The minimum atomic E-state index is -1.24. The van der Waals surface area contributed by atoms with Crippen molar-refractivity contribution in [3.63, 3.8) is 0 Å². The van der Waals surface area contributed by atoms with Crippen LogP contribution >= 0.6 is 0 Å². The summed E-state index contributed by atoms with van der Waals surface area (Å²) in [6.07, 6.45) is 2.26. The molecule has 0 radical (unpaired) electrons. The molecule has 1 atom stereocenters. The standard InChI is InChI=1S/C26H26N2O5/c29-24(30)10-5-13-27-25(31)18(14-17-11-12-17)15-28-26(32)33-16-23-21-8-3-1-6-19(21)20-7-2-4-9-22(20)23/h1-4,6-9,17-18,23H,11-16H2,(H,27,31)(H,28,32)(H,29,30). The first kappa shape index (κ1) is 22.4. The topological polar surface area (TPSA) is 105 Å². The molecule has 0 aromatic heterocycles.